The van der Waals surface area contributed by atoms with E-state index in [0.29, 0.717) is 0 Å². The van der Waals surface area contributed by atoms with Crippen molar-refractivity contribution in [2.75, 3.05) is 11.9 Å². The van der Waals surface area contributed by atoms with Gasteiger partial charge in [-0.25, -0.2) is 0 Å². The summed E-state index contributed by atoms with van der Waals surface area (Å²) in [6, 6.07) is 0. The second-order valence-electron chi connectivity index (χ2n) is 3.91. The molecule has 0 atom stereocenters. The third-order valence-electron chi connectivity index (χ3n) is 2.00. The molecular weight excluding hydrogens is 268 g/mol. The van der Waals surface area contributed by atoms with Crippen LogP contribution in [0.5, 0.6) is 0 Å². The number of aromatic nitrogens is 1. The van der Waals surface area contributed by atoms with Crippen LogP contribution in [0.4, 0.5) is 23.2 Å². The lowest BCUT2D eigenvalue weighted by atomic mass is 10.3. The summed E-state index contributed by atoms with van der Waals surface area (Å²) in [7, 11) is 0. The molecule has 0 amide bonds. The van der Waals surface area contributed by atoms with Gasteiger partial charge in [-0.3, -0.25) is 4.79 Å². The molecule has 1 heterocycles. The van der Waals surface area contributed by atoms with Gasteiger partial charge >= 0.3 is 5.97 Å². The summed E-state index contributed by atoms with van der Waals surface area (Å²) in [5, 5.41) is 2.10. The van der Waals surface area contributed by atoms with E-state index in [2.05, 4.69) is 10.3 Å². The van der Waals surface area contributed by atoms with Crippen LogP contribution in [0.2, 0.25) is 0 Å². The quantitative estimate of drug-likeness (QED) is 0.511. The predicted octanol–water partition coefficient (Wildman–Crippen LogP) is 2.39. The number of carbonyl (C=O) groups excluding carboxylic acids is 1. The molecule has 0 aliphatic carbocycles. The molecule has 8 heteroatoms. The highest BCUT2D eigenvalue weighted by Crippen LogP contribution is 2.21. The minimum absolute atomic E-state index is 0.206. The van der Waals surface area contributed by atoms with Gasteiger partial charge in [0.2, 0.25) is 11.6 Å². The number of rotatable bonds is 5. The lowest BCUT2D eigenvalue weighted by Gasteiger charge is -2.10. The van der Waals surface area contributed by atoms with Gasteiger partial charge in [0, 0.05) is 6.54 Å². The fraction of sp³-hybridized carbons (Fsp3) is 0.455. The molecule has 19 heavy (non-hydrogen) atoms. The second kappa shape index (κ2) is 6.35. The SMILES string of the molecule is CC(C)OC(=O)CCNc1c(F)c(F)nc(F)c1F. The van der Waals surface area contributed by atoms with Crippen LogP contribution in [0.25, 0.3) is 0 Å². The highest BCUT2D eigenvalue weighted by atomic mass is 19.2. The maximum Gasteiger partial charge on any atom is 0.307 e. The summed E-state index contributed by atoms with van der Waals surface area (Å²) in [4.78, 5) is 13.5. The van der Waals surface area contributed by atoms with Gasteiger partial charge in [-0.15, -0.1) is 0 Å². The van der Waals surface area contributed by atoms with Gasteiger partial charge in [-0.1, -0.05) is 0 Å². The lowest BCUT2D eigenvalue weighted by Crippen LogP contribution is -2.17. The number of pyridine rings is 1. The largest absolute Gasteiger partial charge is 0.463 e. The van der Waals surface area contributed by atoms with Crippen molar-refractivity contribution in [1.29, 1.82) is 0 Å². The lowest BCUT2D eigenvalue weighted by molar-refractivity contribution is -0.147. The van der Waals surface area contributed by atoms with Crippen LogP contribution in [0.1, 0.15) is 20.3 Å². The van der Waals surface area contributed by atoms with Crippen molar-refractivity contribution < 1.29 is 27.1 Å². The van der Waals surface area contributed by atoms with Crippen molar-refractivity contribution in [2.45, 2.75) is 26.4 Å². The molecule has 0 spiro atoms. The van der Waals surface area contributed by atoms with E-state index in [9.17, 15) is 22.4 Å². The Morgan fingerprint density at radius 3 is 2.21 bits per heavy atom. The predicted molar refractivity (Wildman–Crippen MR) is 58.4 cm³/mol. The Kier molecular flexibility index (Phi) is 5.08. The molecule has 1 rings (SSSR count). The molecule has 1 aromatic heterocycles. The maximum absolute atomic E-state index is 13.2. The van der Waals surface area contributed by atoms with Gasteiger partial charge in [0.1, 0.15) is 5.69 Å². The molecule has 0 radical (unpaired) electrons. The molecular formula is C11H12F4N2O2. The van der Waals surface area contributed by atoms with Crippen LogP contribution in [-0.4, -0.2) is 23.6 Å². The summed E-state index contributed by atoms with van der Waals surface area (Å²) < 4.78 is 56.6. The van der Waals surface area contributed by atoms with Crippen LogP contribution in [0, 0.1) is 23.5 Å². The van der Waals surface area contributed by atoms with Crippen molar-refractivity contribution in [3.05, 3.63) is 23.5 Å². The molecule has 4 nitrogen and oxygen atoms in total. The first kappa shape index (κ1) is 15.2. The first-order chi connectivity index (χ1) is 8.82. The van der Waals surface area contributed by atoms with E-state index in [1.807, 2.05) is 0 Å². The number of ether oxygens (including phenoxy) is 1. The van der Waals surface area contributed by atoms with Crippen LogP contribution in [-0.2, 0) is 9.53 Å². The first-order valence-electron chi connectivity index (χ1n) is 5.46. The van der Waals surface area contributed by atoms with E-state index < -0.39 is 35.2 Å². The monoisotopic (exact) mass is 280 g/mol. The van der Waals surface area contributed by atoms with Crippen molar-refractivity contribution in [1.82, 2.24) is 4.98 Å². The Morgan fingerprint density at radius 1 is 1.21 bits per heavy atom. The summed E-state index contributed by atoms with van der Waals surface area (Å²) in [6.45, 7) is 3.04. The maximum atomic E-state index is 13.2. The third-order valence-corrected chi connectivity index (χ3v) is 2.00. The van der Waals surface area contributed by atoms with Gasteiger partial charge in [0.15, 0.2) is 0 Å². The van der Waals surface area contributed by atoms with Gasteiger partial charge < -0.3 is 10.1 Å². The van der Waals surface area contributed by atoms with Gasteiger partial charge in [-0.05, 0) is 13.8 Å². The fourth-order valence-electron chi connectivity index (χ4n) is 1.25. The van der Waals surface area contributed by atoms with Crippen LogP contribution < -0.4 is 5.32 Å². The number of nitrogens with zero attached hydrogens (tertiary/aromatic N) is 1. The average molecular weight is 280 g/mol. The molecule has 0 saturated heterocycles. The number of hydrogen-bond donors (Lipinski definition) is 1. The molecule has 0 saturated carbocycles. The van der Waals surface area contributed by atoms with Crippen molar-refractivity contribution in [3.63, 3.8) is 0 Å². The zero-order valence-corrected chi connectivity index (χ0v) is 10.3. The molecule has 0 bridgehead atoms. The smallest absolute Gasteiger partial charge is 0.307 e. The Morgan fingerprint density at radius 2 is 1.74 bits per heavy atom. The highest BCUT2D eigenvalue weighted by Gasteiger charge is 2.20. The molecule has 106 valence electrons. The van der Waals surface area contributed by atoms with E-state index >= 15 is 0 Å². The van der Waals surface area contributed by atoms with Crippen molar-refractivity contribution >= 4 is 11.7 Å². The number of nitrogens with one attached hydrogen (secondary N) is 1. The van der Waals surface area contributed by atoms with Crippen LogP contribution >= 0.6 is 0 Å². The molecule has 1 aromatic rings. The zero-order valence-electron chi connectivity index (χ0n) is 10.3. The zero-order chi connectivity index (χ0) is 14.6. The molecule has 0 aromatic carbocycles. The Labute approximate surface area is 106 Å². The van der Waals surface area contributed by atoms with Gasteiger partial charge in [-0.2, -0.15) is 22.5 Å². The standard InChI is InChI=1S/C11H12F4N2O2/c1-5(2)19-6(18)3-4-16-9-7(12)10(14)17-11(15)8(9)13/h5H,3-4H2,1-2H3,(H,16,17). The van der Waals surface area contributed by atoms with E-state index in [-0.39, 0.29) is 19.1 Å². The molecule has 0 aliphatic rings. The van der Waals surface area contributed by atoms with Crippen molar-refractivity contribution in [2.24, 2.45) is 0 Å². The summed E-state index contributed by atoms with van der Waals surface area (Å²) in [5.74, 6) is -7.40. The molecule has 0 fully saturated rings. The summed E-state index contributed by atoms with van der Waals surface area (Å²) >= 11 is 0. The topological polar surface area (TPSA) is 51.2 Å². The normalized spacial score (nSPS) is 10.7. The number of carbonyl (C=O) groups is 1. The number of anilines is 1. The first-order valence-corrected chi connectivity index (χ1v) is 5.46. The van der Waals surface area contributed by atoms with Gasteiger partial charge in [0.25, 0.3) is 11.9 Å². The average Bonchev–Trinajstić information content (AvgIpc) is 2.30. The van der Waals surface area contributed by atoms with E-state index in [1.165, 1.54) is 0 Å². The third kappa shape index (κ3) is 4.08. The second-order valence-corrected chi connectivity index (χ2v) is 3.91. The minimum atomic E-state index is -1.76. The van der Waals surface area contributed by atoms with E-state index in [0.717, 1.165) is 0 Å². The minimum Gasteiger partial charge on any atom is -0.463 e. The molecule has 1 N–H and O–H groups in total. The van der Waals surface area contributed by atoms with Crippen LogP contribution in [0.15, 0.2) is 0 Å². The van der Waals surface area contributed by atoms with Crippen LogP contribution in [0.3, 0.4) is 0 Å². The number of hydrogen-bond acceptors (Lipinski definition) is 4. The number of halogens is 4. The summed E-state index contributed by atoms with van der Waals surface area (Å²) in [6.07, 6.45) is -0.528. The Balaban J connectivity index is 2.66. The van der Waals surface area contributed by atoms with E-state index in [4.69, 9.17) is 4.74 Å². The Bertz CT molecular complexity index is 454. The number of esters is 1. The molecule has 0 aliphatic heterocycles. The van der Waals surface area contributed by atoms with Gasteiger partial charge in [0.05, 0.1) is 12.5 Å². The highest BCUT2D eigenvalue weighted by molar-refractivity contribution is 5.70. The molecule has 0 unspecified atom stereocenters. The Hall–Kier alpha value is -1.86. The summed E-state index contributed by atoms with van der Waals surface area (Å²) in [5.41, 5.74) is -0.998. The van der Waals surface area contributed by atoms with Crippen molar-refractivity contribution in [3.8, 4) is 0 Å². The fourth-order valence-corrected chi connectivity index (χ4v) is 1.25. The van der Waals surface area contributed by atoms with E-state index in [1.54, 1.807) is 13.8 Å².